The second-order valence-corrected chi connectivity index (χ2v) is 1.24. The lowest BCUT2D eigenvalue weighted by atomic mass is 10.5. The minimum absolute atomic E-state index is 0.614. The maximum atomic E-state index is 9.89. The van der Waals surface area contributed by atoms with Gasteiger partial charge in [-0.2, -0.15) is 0 Å². The molecule has 0 aliphatic heterocycles. The summed E-state index contributed by atoms with van der Waals surface area (Å²) in [6.07, 6.45) is 0. The Morgan fingerprint density at radius 1 is 1.57 bits per heavy atom. The van der Waals surface area contributed by atoms with Crippen molar-refractivity contribution in [2.24, 2.45) is 0 Å². The minimum Gasteiger partial charge on any atom is -0.378 e. The lowest BCUT2D eigenvalue weighted by molar-refractivity contribution is -0.144. The summed E-state index contributed by atoms with van der Waals surface area (Å²) in [4.78, 5) is 19.8. The van der Waals surface area contributed by atoms with Crippen LogP contribution in [0.25, 0.3) is 0 Å². The van der Waals surface area contributed by atoms with Gasteiger partial charge in [-0.15, -0.1) is 0 Å². The van der Waals surface area contributed by atoms with E-state index in [1.165, 1.54) is 0 Å². The van der Waals surface area contributed by atoms with Gasteiger partial charge < -0.3 is 3.83 Å². The van der Waals surface area contributed by atoms with Crippen LogP contribution in [-0.4, -0.2) is 11.8 Å². The zero-order valence-electron chi connectivity index (χ0n) is 3.60. The van der Waals surface area contributed by atoms with E-state index in [2.05, 4.69) is 20.1 Å². The number of hydrogen-bond donors (Lipinski definition) is 0. The fourth-order valence-electron chi connectivity index (χ4n) is 0.0543. The summed E-state index contributed by atoms with van der Waals surface area (Å²) in [6, 6.07) is 0. The van der Waals surface area contributed by atoms with Gasteiger partial charge in [0.1, 0.15) is 0 Å². The molecule has 0 aromatic carbocycles. The number of carbonyl (C=O) groups is 2. The van der Waals surface area contributed by atoms with Crippen molar-refractivity contribution >= 4 is 28.0 Å². The van der Waals surface area contributed by atoms with Crippen LogP contribution in [0.5, 0.6) is 0 Å². The second kappa shape index (κ2) is 2.74. The van der Waals surface area contributed by atoms with Crippen molar-refractivity contribution < 1.29 is 13.4 Å². The van der Waals surface area contributed by atoms with E-state index in [4.69, 9.17) is 0 Å². The Bertz CT molecular complexity index is 98.4. The molecule has 0 aromatic heterocycles. The molecule has 0 amide bonds. The fourth-order valence-corrected chi connectivity index (χ4v) is 0.282. The fraction of sp³-hybridized carbons (Fsp3) is 0.333. The maximum Gasteiger partial charge on any atom is 0.385 e. The molecule has 0 rings (SSSR count). The van der Waals surface area contributed by atoms with Crippen LogP contribution in [0.3, 0.4) is 0 Å². The van der Waals surface area contributed by atoms with Gasteiger partial charge in [-0.25, -0.2) is 4.79 Å². The molecule has 0 aromatic rings. The Labute approximate surface area is 49.1 Å². The van der Waals surface area contributed by atoms with Crippen molar-refractivity contribution in [3.8, 4) is 0 Å². The first-order valence-electron chi connectivity index (χ1n) is 1.52. The van der Waals surface area contributed by atoms with Crippen molar-refractivity contribution in [1.82, 2.24) is 0 Å². The Morgan fingerprint density at radius 3 is 2.00 bits per heavy atom. The molecule has 0 saturated heterocycles. The summed E-state index contributed by atoms with van der Waals surface area (Å²) in [5.41, 5.74) is 0. The van der Waals surface area contributed by atoms with Crippen LogP contribution in [0, 0.1) is 0 Å². The highest BCUT2D eigenvalue weighted by Crippen LogP contribution is 1.85. The average Bonchev–Trinajstić information content (AvgIpc) is 1.65. The van der Waals surface area contributed by atoms with Crippen molar-refractivity contribution in [1.29, 1.82) is 0 Å². The summed E-state index contributed by atoms with van der Waals surface area (Å²) >= 11 is 2.34. The SMILES string of the molecule is CC(=O)C(=O)OBr. The van der Waals surface area contributed by atoms with Crippen LogP contribution >= 0.6 is 16.3 Å². The molecule has 0 N–H and O–H groups in total. The zero-order valence-corrected chi connectivity index (χ0v) is 5.19. The highest BCUT2D eigenvalue weighted by molar-refractivity contribution is 9.06. The zero-order chi connectivity index (χ0) is 5.86. The summed E-state index contributed by atoms with van der Waals surface area (Å²) in [5.74, 6) is -1.49. The van der Waals surface area contributed by atoms with Crippen LogP contribution in [0.4, 0.5) is 0 Å². The molecule has 0 radical (unpaired) electrons. The van der Waals surface area contributed by atoms with Crippen LogP contribution in [0.15, 0.2) is 0 Å². The Balaban J connectivity index is 3.58. The van der Waals surface area contributed by atoms with Gasteiger partial charge in [-0.3, -0.25) is 4.79 Å². The third kappa shape index (κ3) is 2.33. The average molecular weight is 167 g/mol. The van der Waals surface area contributed by atoms with Gasteiger partial charge in [0.25, 0.3) is 0 Å². The van der Waals surface area contributed by atoms with Gasteiger partial charge in [-0.05, 0) is 0 Å². The quantitative estimate of drug-likeness (QED) is 0.531. The van der Waals surface area contributed by atoms with Crippen molar-refractivity contribution in [2.75, 3.05) is 0 Å². The number of Topliss-reactive ketones (excluding diaryl/α,β-unsaturated/α-hetero) is 1. The molecular formula is C3H3BrO3. The number of hydrogen-bond acceptors (Lipinski definition) is 3. The molecule has 0 bridgehead atoms. The van der Waals surface area contributed by atoms with E-state index in [-0.39, 0.29) is 0 Å². The standard InChI is InChI=1S/C3H3BrO3/c1-2(5)3(6)7-4/h1H3. The molecule has 7 heavy (non-hydrogen) atoms. The van der Waals surface area contributed by atoms with Gasteiger partial charge in [0.2, 0.25) is 5.78 Å². The van der Waals surface area contributed by atoms with Crippen LogP contribution in [-0.2, 0) is 13.4 Å². The summed E-state index contributed by atoms with van der Waals surface area (Å²) in [6.45, 7) is 1.13. The first kappa shape index (κ1) is 6.62. The van der Waals surface area contributed by atoms with Crippen LogP contribution in [0.1, 0.15) is 6.92 Å². The molecule has 0 spiro atoms. The predicted molar refractivity (Wildman–Crippen MR) is 25.7 cm³/mol. The Kier molecular flexibility index (Phi) is 2.59. The molecule has 3 nitrogen and oxygen atoms in total. The highest BCUT2D eigenvalue weighted by Gasteiger charge is 2.05. The molecule has 0 aliphatic rings. The monoisotopic (exact) mass is 166 g/mol. The van der Waals surface area contributed by atoms with E-state index in [0.717, 1.165) is 6.92 Å². The molecule has 0 saturated carbocycles. The summed E-state index contributed by atoms with van der Waals surface area (Å²) in [7, 11) is 0. The largest absolute Gasteiger partial charge is 0.385 e. The van der Waals surface area contributed by atoms with E-state index >= 15 is 0 Å². The van der Waals surface area contributed by atoms with E-state index < -0.39 is 11.8 Å². The van der Waals surface area contributed by atoms with Gasteiger partial charge in [-0.1, -0.05) is 0 Å². The number of halogens is 1. The molecular weight excluding hydrogens is 164 g/mol. The van der Waals surface area contributed by atoms with Crippen LogP contribution < -0.4 is 0 Å². The molecule has 0 fully saturated rings. The molecule has 4 heteroatoms. The lowest BCUT2D eigenvalue weighted by Crippen LogP contribution is -2.07. The molecule has 0 atom stereocenters. The van der Waals surface area contributed by atoms with Crippen LogP contribution in [0.2, 0.25) is 0 Å². The second-order valence-electron chi connectivity index (χ2n) is 0.921. The first-order chi connectivity index (χ1) is 3.18. The third-order valence-corrected chi connectivity index (χ3v) is 0.652. The van der Waals surface area contributed by atoms with E-state index in [1.54, 1.807) is 0 Å². The number of ketones is 1. The topological polar surface area (TPSA) is 43.4 Å². The molecule has 40 valence electrons. The van der Waals surface area contributed by atoms with E-state index in [1.807, 2.05) is 0 Å². The highest BCUT2D eigenvalue weighted by atomic mass is 79.9. The molecule has 0 unspecified atom stereocenters. The van der Waals surface area contributed by atoms with E-state index in [9.17, 15) is 9.59 Å². The summed E-state index contributed by atoms with van der Waals surface area (Å²) < 4.78 is 3.84. The third-order valence-electron chi connectivity index (χ3n) is 0.358. The lowest BCUT2D eigenvalue weighted by Gasteiger charge is -1.82. The Morgan fingerprint density at radius 2 is 2.00 bits per heavy atom. The van der Waals surface area contributed by atoms with Crippen molar-refractivity contribution in [3.05, 3.63) is 0 Å². The molecule has 0 aliphatic carbocycles. The van der Waals surface area contributed by atoms with Gasteiger partial charge in [0.15, 0.2) is 16.3 Å². The number of rotatable bonds is 1. The molecule has 0 heterocycles. The minimum atomic E-state index is -0.875. The van der Waals surface area contributed by atoms with Gasteiger partial charge in [0.05, 0.1) is 0 Å². The van der Waals surface area contributed by atoms with Crippen molar-refractivity contribution in [3.63, 3.8) is 0 Å². The van der Waals surface area contributed by atoms with Gasteiger partial charge >= 0.3 is 5.97 Å². The maximum absolute atomic E-state index is 9.89. The summed E-state index contributed by atoms with van der Waals surface area (Å²) in [5, 5.41) is 0. The normalized spacial score (nSPS) is 7.71. The van der Waals surface area contributed by atoms with E-state index in [0.29, 0.717) is 0 Å². The first-order valence-corrected chi connectivity index (χ1v) is 2.16. The Hall–Kier alpha value is -0.380. The predicted octanol–water partition coefficient (Wildman–Crippen LogP) is 0.428. The van der Waals surface area contributed by atoms with Crippen molar-refractivity contribution in [2.45, 2.75) is 6.92 Å². The van der Waals surface area contributed by atoms with Gasteiger partial charge in [0, 0.05) is 6.92 Å². The number of carbonyl (C=O) groups excluding carboxylic acids is 2. The smallest absolute Gasteiger partial charge is 0.378 e.